The highest BCUT2D eigenvalue weighted by atomic mass is 32.2. The van der Waals surface area contributed by atoms with Gasteiger partial charge in [-0.1, -0.05) is 31.5 Å². The number of aryl methyl sites for hydroxylation is 1. The monoisotopic (exact) mass is 365 g/mol. The number of aliphatic carboxylic acids is 1. The average Bonchev–Trinajstić information content (AvgIpc) is 2.55. The molecule has 0 fully saturated rings. The van der Waals surface area contributed by atoms with Crippen molar-refractivity contribution in [2.24, 2.45) is 5.92 Å². The van der Waals surface area contributed by atoms with Gasteiger partial charge in [0.1, 0.15) is 6.04 Å². The Morgan fingerprint density at radius 2 is 1.88 bits per heavy atom. The van der Waals surface area contributed by atoms with Gasteiger partial charge in [0.05, 0.1) is 12.0 Å². The number of hydrogen-bond donors (Lipinski definition) is 2. The number of thioether (sulfide) groups is 1. The molecule has 0 heterocycles. The molecule has 0 radical (unpaired) electrons. The molecule has 1 aromatic carbocycles. The second-order valence-electron chi connectivity index (χ2n) is 6.23. The van der Waals surface area contributed by atoms with Crippen LogP contribution >= 0.6 is 11.8 Å². The molecule has 1 aromatic rings. The summed E-state index contributed by atoms with van der Waals surface area (Å²) in [5.74, 6) is -1.83. The third-order valence-corrected chi connectivity index (χ3v) is 4.37. The Hall–Kier alpha value is -2.02. The van der Waals surface area contributed by atoms with Crippen LogP contribution in [-0.2, 0) is 9.59 Å². The van der Waals surface area contributed by atoms with Crippen molar-refractivity contribution in [3.63, 3.8) is 0 Å². The smallest absolute Gasteiger partial charge is 0.251 e. The normalized spacial score (nSPS) is 13.2. The van der Waals surface area contributed by atoms with Crippen LogP contribution in [0.15, 0.2) is 24.3 Å². The number of carbonyl (C=O) groups is 3. The van der Waals surface area contributed by atoms with Gasteiger partial charge in [0, 0.05) is 5.56 Å². The topological polar surface area (TPSA) is 98.3 Å². The SMILES string of the molecule is CSCC[C@@H](NC(=O)[C@H](NC(=O)c1cccc(C)c1)C(C)C)C(=O)[O-]. The van der Waals surface area contributed by atoms with Crippen LogP contribution in [0, 0.1) is 12.8 Å². The Labute approximate surface area is 152 Å². The van der Waals surface area contributed by atoms with Crippen LogP contribution in [0.5, 0.6) is 0 Å². The maximum absolute atomic E-state index is 12.5. The summed E-state index contributed by atoms with van der Waals surface area (Å²) in [5, 5.41) is 16.4. The van der Waals surface area contributed by atoms with E-state index in [0.29, 0.717) is 11.3 Å². The van der Waals surface area contributed by atoms with Gasteiger partial charge in [-0.15, -0.1) is 0 Å². The molecule has 0 saturated heterocycles. The molecule has 7 heteroatoms. The van der Waals surface area contributed by atoms with Crippen LogP contribution in [0.1, 0.15) is 36.2 Å². The van der Waals surface area contributed by atoms with Crippen molar-refractivity contribution in [3.05, 3.63) is 35.4 Å². The molecule has 2 N–H and O–H groups in total. The molecule has 0 saturated carbocycles. The first-order valence-corrected chi connectivity index (χ1v) is 9.53. The van der Waals surface area contributed by atoms with E-state index in [1.54, 1.807) is 32.0 Å². The van der Waals surface area contributed by atoms with Gasteiger partial charge < -0.3 is 20.5 Å². The fourth-order valence-electron chi connectivity index (χ4n) is 2.29. The summed E-state index contributed by atoms with van der Waals surface area (Å²) in [6, 6.07) is 5.14. The predicted molar refractivity (Wildman–Crippen MR) is 97.2 cm³/mol. The number of rotatable bonds is 9. The Kier molecular flexibility index (Phi) is 8.48. The number of carbonyl (C=O) groups excluding carboxylic acids is 3. The molecular weight excluding hydrogens is 340 g/mol. The van der Waals surface area contributed by atoms with Gasteiger partial charge in [-0.05, 0) is 43.4 Å². The Morgan fingerprint density at radius 1 is 1.20 bits per heavy atom. The second kappa shape index (κ2) is 10.1. The minimum atomic E-state index is -1.32. The van der Waals surface area contributed by atoms with Crippen LogP contribution in [0.2, 0.25) is 0 Å². The molecule has 0 aromatic heterocycles. The van der Waals surface area contributed by atoms with Gasteiger partial charge in [0.15, 0.2) is 0 Å². The predicted octanol–water partition coefficient (Wildman–Crippen LogP) is 0.737. The van der Waals surface area contributed by atoms with Gasteiger partial charge in [0.25, 0.3) is 5.91 Å². The summed E-state index contributed by atoms with van der Waals surface area (Å²) in [6.45, 7) is 5.45. The van der Waals surface area contributed by atoms with E-state index in [0.717, 1.165) is 5.56 Å². The maximum Gasteiger partial charge on any atom is 0.251 e. The van der Waals surface area contributed by atoms with Crippen molar-refractivity contribution in [3.8, 4) is 0 Å². The highest BCUT2D eigenvalue weighted by molar-refractivity contribution is 7.98. The van der Waals surface area contributed by atoms with Crippen molar-refractivity contribution in [2.75, 3.05) is 12.0 Å². The number of amides is 2. The summed E-state index contributed by atoms with van der Waals surface area (Å²) in [5.41, 5.74) is 1.39. The van der Waals surface area contributed by atoms with E-state index in [4.69, 9.17) is 0 Å². The fourth-order valence-corrected chi connectivity index (χ4v) is 2.76. The molecule has 0 unspecified atom stereocenters. The molecule has 138 valence electrons. The quantitative estimate of drug-likeness (QED) is 0.672. The molecular formula is C18H25N2O4S-. The Morgan fingerprint density at radius 3 is 2.40 bits per heavy atom. The summed E-state index contributed by atoms with van der Waals surface area (Å²) >= 11 is 1.49. The third-order valence-electron chi connectivity index (χ3n) is 3.73. The van der Waals surface area contributed by atoms with E-state index in [-0.39, 0.29) is 18.2 Å². The Balaban J connectivity index is 2.82. The lowest BCUT2D eigenvalue weighted by atomic mass is 10.0. The number of carboxylic acid groups (broad SMARTS) is 1. The minimum Gasteiger partial charge on any atom is -0.548 e. The number of hydrogen-bond acceptors (Lipinski definition) is 5. The number of carboxylic acids is 1. The molecule has 0 spiro atoms. The van der Waals surface area contributed by atoms with Gasteiger partial charge in [-0.25, -0.2) is 0 Å². The Bertz CT molecular complexity index is 619. The van der Waals surface area contributed by atoms with E-state index >= 15 is 0 Å². The molecule has 6 nitrogen and oxygen atoms in total. The summed E-state index contributed by atoms with van der Waals surface area (Å²) in [6.07, 6.45) is 2.12. The van der Waals surface area contributed by atoms with Gasteiger partial charge in [-0.2, -0.15) is 11.8 Å². The van der Waals surface area contributed by atoms with Crippen molar-refractivity contribution < 1.29 is 19.5 Å². The zero-order valence-corrected chi connectivity index (χ0v) is 15.8. The molecule has 0 aliphatic rings. The van der Waals surface area contributed by atoms with E-state index < -0.39 is 24.0 Å². The molecule has 25 heavy (non-hydrogen) atoms. The lowest BCUT2D eigenvalue weighted by molar-refractivity contribution is -0.308. The third kappa shape index (κ3) is 6.78. The van der Waals surface area contributed by atoms with Crippen molar-refractivity contribution in [1.29, 1.82) is 0 Å². The van der Waals surface area contributed by atoms with Crippen LogP contribution in [0.25, 0.3) is 0 Å². The summed E-state index contributed by atoms with van der Waals surface area (Å²) in [4.78, 5) is 36.0. The lowest BCUT2D eigenvalue weighted by Crippen LogP contribution is -2.56. The van der Waals surface area contributed by atoms with E-state index in [1.165, 1.54) is 11.8 Å². The van der Waals surface area contributed by atoms with E-state index in [9.17, 15) is 19.5 Å². The van der Waals surface area contributed by atoms with E-state index in [2.05, 4.69) is 10.6 Å². The van der Waals surface area contributed by atoms with Crippen LogP contribution < -0.4 is 15.7 Å². The maximum atomic E-state index is 12.5. The van der Waals surface area contributed by atoms with Gasteiger partial charge in [-0.3, -0.25) is 9.59 Å². The first kappa shape index (κ1) is 21.0. The molecule has 0 aliphatic heterocycles. The van der Waals surface area contributed by atoms with Crippen molar-refractivity contribution in [2.45, 2.75) is 39.3 Å². The average molecular weight is 365 g/mol. The summed E-state index contributed by atoms with van der Waals surface area (Å²) in [7, 11) is 0. The molecule has 2 amide bonds. The highest BCUT2D eigenvalue weighted by Gasteiger charge is 2.26. The standard InChI is InChI=1S/C18H26N2O4S/c1-11(2)15(17(22)19-14(18(23)24)8-9-25-4)20-16(21)13-7-5-6-12(3)10-13/h5-7,10-11,14-15H,8-9H2,1-4H3,(H,19,22)(H,20,21)(H,23,24)/p-1/t14-,15-/m1/s1. The largest absolute Gasteiger partial charge is 0.548 e. The van der Waals surface area contributed by atoms with Crippen molar-refractivity contribution >= 4 is 29.5 Å². The van der Waals surface area contributed by atoms with Crippen LogP contribution in [0.4, 0.5) is 0 Å². The minimum absolute atomic E-state index is 0.197. The number of benzene rings is 1. The second-order valence-corrected chi connectivity index (χ2v) is 7.21. The highest BCUT2D eigenvalue weighted by Crippen LogP contribution is 2.08. The van der Waals surface area contributed by atoms with Crippen molar-refractivity contribution in [1.82, 2.24) is 10.6 Å². The van der Waals surface area contributed by atoms with Crippen LogP contribution in [0.3, 0.4) is 0 Å². The molecule has 0 bridgehead atoms. The zero-order chi connectivity index (χ0) is 19.0. The molecule has 1 rings (SSSR count). The van der Waals surface area contributed by atoms with Gasteiger partial charge >= 0.3 is 0 Å². The zero-order valence-electron chi connectivity index (χ0n) is 15.0. The van der Waals surface area contributed by atoms with Gasteiger partial charge in [0.2, 0.25) is 5.91 Å². The number of nitrogens with one attached hydrogen (secondary N) is 2. The fraction of sp³-hybridized carbons (Fsp3) is 0.500. The first-order valence-electron chi connectivity index (χ1n) is 8.14. The first-order chi connectivity index (χ1) is 11.8. The summed E-state index contributed by atoms with van der Waals surface area (Å²) < 4.78 is 0. The van der Waals surface area contributed by atoms with Crippen LogP contribution in [-0.4, -0.2) is 41.9 Å². The molecule has 0 aliphatic carbocycles. The molecule has 2 atom stereocenters. The lowest BCUT2D eigenvalue weighted by Gasteiger charge is -2.26. The van der Waals surface area contributed by atoms with E-state index in [1.807, 2.05) is 19.2 Å².